The average Bonchev–Trinajstić information content (AvgIpc) is 2.16. The first-order valence-electron chi connectivity index (χ1n) is 3.41. The van der Waals surface area contributed by atoms with E-state index in [2.05, 4.69) is 50.5 Å². The molecule has 0 aliphatic carbocycles. The molecule has 0 fully saturated rings. The second kappa shape index (κ2) is 20.4. The zero-order chi connectivity index (χ0) is 9.98. The first-order chi connectivity index (χ1) is 5.62. The van der Waals surface area contributed by atoms with Crippen LogP contribution in [0.3, 0.4) is 0 Å². The van der Waals surface area contributed by atoms with E-state index < -0.39 is 0 Å². The summed E-state index contributed by atoms with van der Waals surface area (Å²) in [5.41, 5.74) is 0. The van der Waals surface area contributed by atoms with Crippen LogP contribution in [-0.2, 0) is 0 Å². The summed E-state index contributed by atoms with van der Waals surface area (Å²) in [6, 6.07) is 0. The van der Waals surface area contributed by atoms with Crippen molar-refractivity contribution in [2.24, 2.45) is 0 Å². The fourth-order valence-corrected chi connectivity index (χ4v) is 0.346. The molecule has 0 amide bonds. The highest BCUT2D eigenvalue weighted by atomic mass is 32.1. The molecule has 0 saturated heterocycles. The minimum atomic E-state index is 0. The molecule has 0 radical (unpaired) electrons. The normalized spacial score (nSPS) is 12.4. The second-order valence-corrected chi connectivity index (χ2v) is 4.23. The average molecular weight is 317 g/mol. The Balaban J connectivity index is -0.0000000625. The number of hydrogen-bond donors (Lipinski definition) is 6. The van der Waals surface area contributed by atoms with Gasteiger partial charge >= 0.3 is 0 Å². The monoisotopic (exact) mass is 316 g/mol. The third kappa shape index (κ3) is 23.7. The molecule has 2 atom stereocenters. The highest BCUT2D eigenvalue weighted by Gasteiger charge is 1.92. The molecule has 0 heterocycles. The maximum atomic E-state index is 8.21. The van der Waals surface area contributed by atoms with Crippen molar-refractivity contribution >= 4 is 77.5 Å². The molecule has 92 valence electrons. The molecule has 0 saturated carbocycles. The summed E-state index contributed by atoms with van der Waals surface area (Å²) in [5.74, 6) is 1.28. The fraction of sp³-hybridized carbons (Fsp3) is 1.00. The summed E-state index contributed by atoms with van der Waals surface area (Å²) in [7, 11) is 0. The minimum absolute atomic E-state index is 0. The topological polar surface area (TPSA) is 40.5 Å². The third-order valence-electron chi connectivity index (χ3n) is 0.843. The summed E-state index contributed by atoms with van der Waals surface area (Å²) in [5, 5.41) is 16.5. The standard InChI is InChI=1S/2C3H8OS2.2H2S/c2*4-1-3(6)2-5;;/h2*3-6H,1-2H2;2*1H2. The van der Waals surface area contributed by atoms with Crippen molar-refractivity contribution in [2.45, 2.75) is 10.5 Å². The van der Waals surface area contributed by atoms with E-state index in [9.17, 15) is 0 Å². The molecule has 0 aromatic rings. The van der Waals surface area contributed by atoms with Gasteiger partial charge < -0.3 is 10.2 Å². The van der Waals surface area contributed by atoms with Crippen LogP contribution in [0.25, 0.3) is 0 Å². The molecule has 2 N–H and O–H groups in total. The predicted octanol–water partition coefficient (Wildman–Crippen LogP) is 0.639. The van der Waals surface area contributed by atoms with Crippen LogP contribution >= 0.6 is 77.5 Å². The van der Waals surface area contributed by atoms with Gasteiger partial charge in [0, 0.05) is 22.0 Å². The van der Waals surface area contributed by atoms with E-state index in [1.165, 1.54) is 0 Å². The largest absolute Gasteiger partial charge is 0.395 e. The van der Waals surface area contributed by atoms with Gasteiger partial charge in [-0.25, -0.2) is 0 Å². The zero-order valence-electron chi connectivity index (χ0n) is 7.67. The number of aliphatic hydroxyl groups excluding tert-OH is 2. The third-order valence-corrected chi connectivity index (χ3v) is 2.99. The van der Waals surface area contributed by atoms with Gasteiger partial charge in [-0.15, -0.1) is 0 Å². The molecule has 0 bridgehead atoms. The van der Waals surface area contributed by atoms with Gasteiger partial charge in [-0.1, -0.05) is 0 Å². The summed E-state index contributed by atoms with van der Waals surface area (Å²) < 4.78 is 0. The quantitative estimate of drug-likeness (QED) is 0.431. The lowest BCUT2D eigenvalue weighted by molar-refractivity contribution is 0.301. The lowest BCUT2D eigenvalue weighted by atomic mass is 10.5. The molecule has 0 rings (SSSR count). The van der Waals surface area contributed by atoms with Gasteiger partial charge in [-0.2, -0.15) is 77.5 Å². The van der Waals surface area contributed by atoms with Crippen LogP contribution in [0.15, 0.2) is 0 Å². The molecule has 14 heavy (non-hydrogen) atoms. The highest BCUT2D eigenvalue weighted by Crippen LogP contribution is 1.93. The Morgan fingerprint density at radius 2 is 1.00 bits per heavy atom. The van der Waals surface area contributed by atoms with Crippen molar-refractivity contribution in [3.63, 3.8) is 0 Å². The van der Waals surface area contributed by atoms with Crippen LogP contribution in [0, 0.1) is 0 Å². The Bertz CT molecular complexity index is 68.7. The number of aliphatic hydroxyl groups is 2. The van der Waals surface area contributed by atoms with Crippen LogP contribution in [0.2, 0.25) is 0 Å². The summed E-state index contributed by atoms with van der Waals surface area (Å²) in [6.07, 6.45) is 0. The summed E-state index contributed by atoms with van der Waals surface area (Å²) in [6.45, 7) is 0.235. The minimum Gasteiger partial charge on any atom is -0.395 e. The van der Waals surface area contributed by atoms with Crippen LogP contribution in [0.1, 0.15) is 0 Å². The van der Waals surface area contributed by atoms with Gasteiger partial charge in [0.2, 0.25) is 0 Å². The summed E-state index contributed by atoms with van der Waals surface area (Å²) >= 11 is 15.5. The van der Waals surface area contributed by atoms with E-state index in [-0.39, 0.29) is 50.7 Å². The van der Waals surface area contributed by atoms with E-state index in [0.29, 0.717) is 11.5 Å². The maximum Gasteiger partial charge on any atom is 0.0555 e. The van der Waals surface area contributed by atoms with Crippen molar-refractivity contribution in [3.05, 3.63) is 0 Å². The zero-order valence-corrected chi connectivity index (χ0v) is 13.2. The second-order valence-electron chi connectivity index (χ2n) is 2.04. The van der Waals surface area contributed by atoms with Gasteiger partial charge in [0.1, 0.15) is 0 Å². The molecular formula is C6H20O2S6. The lowest BCUT2D eigenvalue weighted by Crippen LogP contribution is -2.04. The van der Waals surface area contributed by atoms with E-state index in [1.54, 1.807) is 0 Å². The van der Waals surface area contributed by atoms with Gasteiger partial charge in [0.15, 0.2) is 0 Å². The van der Waals surface area contributed by atoms with E-state index in [0.717, 1.165) is 0 Å². The molecule has 0 aliphatic rings. The van der Waals surface area contributed by atoms with Crippen molar-refractivity contribution < 1.29 is 10.2 Å². The lowest BCUT2D eigenvalue weighted by Gasteiger charge is -1.96. The molecule has 0 spiro atoms. The van der Waals surface area contributed by atoms with Crippen molar-refractivity contribution in [1.29, 1.82) is 0 Å². The maximum absolute atomic E-state index is 8.21. The van der Waals surface area contributed by atoms with Crippen molar-refractivity contribution in [2.75, 3.05) is 24.7 Å². The molecule has 0 aliphatic heterocycles. The van der Waals surface area contributed by atoms with Gasteiger partial charge in [-0.3, -0.25) is 0 Å². The Labute approximate surface area is 122 Å². The van der Waals surface area contributed by atoms with E-state index in [1.807, 2.05) is 0 Å². The van der Waals surface area contributed by atoms with E-state index in [4.69, 9.17) is 10.2 Å². The first kappa shape index (κ1) is 25.0. The Hall–Kier alpha value is 2.02. The Morgan fingerprint density at radius 1 is 0.786 bits per heavy atom. The highest BCUT2D eigenvalue weighted by molar-refractivity contribution is 7.85. The van der Waals surface area contributed by atoms with Crippen molar-refractivity contribution in [3.8, 4) is 0 Å². The van der Waals surface area contributed by atoms with E-state index >= 15 is 0 Å². The smallest absolute Gasteiger partial charge is 0.0555 e. The summed E-state index contributed by atoms with van der Waals surface area (Å²) in [4.78, 5) is 0. The number of hydrogen-bond acceptors (Lipinski definition) is 6. The fourth-order valence-electron chi connectivity index (χ4n) is 0.115. The first-order valence-corrected chi connectivity index (χ1v) is 5.71. The van der Waals surface area contributed by atoms with Crippen LogP contribution in [0.4, 0.5) is 0 Å². The van der Waals surface area contributed by atoms with Crippen LogP contribution < -0.4 is 0 Å². The molecule has 0 aromatic carbocycles. The Morgan fingerprint density at radius 3 is 1.00 bits per heavy atom. The SMILES string of the molecule is OCC(S)CS.OCC(S)CS.S.S. The van der Waals surface area contributed by atoms with Crippen molar-refractivity contribution in [1.82, 2.24) is 0 Å². The molecule has 0 aromatic heterocycles. The van der Waals surface area contributed by atoms with Gasteiger partial charge in [0.25, 0.3) is 0 Å². The van der Waals surface area contributed by atoms with Crippen LogP contribution in [-0.4, -0.2) is 45.4 Å². The molecule has 2 nitrogen and oxygen atoms in total. The Kier molecular flexibility index (Phi) is 36.5. The number of rotatable bonds is 4. The predicted molar refractivity (Wildman–Crippen MR) is 88.2 cm³/mol. The van der Waals surface area contributed by atoms with Gasteiger partial charge in [-0.05, 0) is 0 Å². The van der Waals surface area contributed by atoms with Crippen LogP contribution in [0.5, 0.6) is 0 Å². The van der Waals surface area contributed by atoms with Gasteiger partial charge in [0.05, 0.1) is 13.2 Å². The molecule has 8 heteroatoms. The molecular weight excluding hydrogens is 296 g/mol. The number of thiol groups is 4. The molecule has 2 unspecified atom stereocenters.